The fourth-order valence-corrected chi connectivity index (χ4v) is 5.72. The van der Waals surface area contributed by atoms with Crippen LogP contribution in [0.1, 0.15) is 51.9 Å². The fourth-order valence-electron chi connectivity index (χ4n) is 4.34. The summed E-state index contributed by atoms with van der Waals surface area (Å²) in [6.45, 7) is 2.97. The first-order valence-electron chi connectivity index (χ1n) is 8.08. The number of carbonyl (C=O) groups is 1. The van der Waals surface area contributed by atoms with Crippen LogP contribution in [0, 0.1) is 11.8 Å². The second-order valence-corrected chi connectivity index (χ2v) is 8.35. The van der Waals surface area contributed by atoms with Crippen LogP contribution in [0.25, 0.3) is 0 Å². The number of ether oxygens (including phenoxy) is 1. The zero-order valence-electron chi connectivity index (χ0n) is 12.5. The molecule has 2 aliphatic heterocycles. The molecule has 0 aromatic carbocycles. The molecule has 20 heavy (non-hydrogen) atoms. The average molecular weight is 297 g/mol. The van der Waals surface area contributed by atoms with Gasteiger partial charge in [-0.2, -0.15) is 11.8 Å². The highest BCUT2D eigenvalue weighted by molar-refractivity contribution is 7.99. The molecular formula is C16H27NO2S. The summed E-state index contributed by atoms with van der Waals surface area (Å²) in [7, 11) is 0. The number of hydrogen-bond acceptors (Lipinski definition) is 4. The Morgan fingerprint density at radius 2 is 2.15 bits per heavy atom. The van der Waals surface area contributed by atoms with Crippen LogP contribution in [0.2, 0.25) is 0 Å². The number of rotatable bonds is 2. The van der Waals surface area contributed by atoms with Gasteiger partial charge in [0.2, 0.25) is 0 Å². The van der Waals surface area contributed by atoms with E-state index in [1.54, 1.807) is 0 Å². The third-order valence-electron chi connectivity index (χ3n) is 5.45. The number of nitrogens with two attached hydrogens (primary N) is 1. The summed E-state index contributed by atoms with van der Waals surface area (Å²) in [4.78, 5) is 13.0. The maximum absolute atomic E-state index is 13.0. The summed E-state index contributed by atoms with van der Waals surface area (Å²) < 4.78 is 6.03. The Hall–Kier alpha value is -0.0600. The first-order valence-corrected chi connectivity index (χ1v) is 9.23. The summed E-state index contributed by atoms with van der Waals surface area (Å²) in [5.74, 6) is 3.30. The summed E-state index contributed by atoms with van der Waals surface area (Å²) in [5.41, 5.74) is 5.95. The van der Waals surface area contributed by atoms with Crippen LogP contribution in [-0.4, -0.2) is 35.0 Å². The Morgan fingerprint density at radius 1 is 1.30 bits per heavy atom. The van der Waals surface area contributed by atoms with E-state index in [1.165, 1.54) is 12.2 Å². The zero-order chi connectivity index (χ0) is 14.2. The van der Waals surface area contributed by atoms with E-state index in [9.17, 15) is 4.79 Å². The van der Waals surface area contributed by atoms with Gasteiger partial charge in [0.15, 0.2) is 5.78 Å². The summed E-state index contributed by atoms with van der Waals surface area (Å²) in [5, 5.41) is 0. The smallest absolute Gasteiger partial charge is 0.155 e. The van der Waals surface area contributed by atoms with Gasteiger partial charge in [-0.3, -0.25) is 4.79 Å². The Morgan fingerprint density at radius 3 is 2.85 bits per heavy atom. The van der Waals surface area contributed by atoms with E-state index >= 15 is 0 Å². The molecule has 3 nitrogen and oxygen atoms in total. The first kappa shape index (κ1) is 14.9. The second kappa shape index (κ2) is 5.62. The second-order valence-electron chi connectivity index (χ2n) is 7.25. The minimum absolute atomic E-state index is 0.0140. The monoisotopic (exact) mass is 297 g/mol. The highest BCUT2D eigenvalue weighted by Crippen LogP contribution is 2.43. The predicted molar refractivity (Wildman–Crippen MR) is 82.9 cm³/mol. The van der Waals surface area contributed by atoms with E-state index in [2.05, 4.69) is 6.92 Å². The molecule has 4 heteroatoms. The number of hydrogen-bond donors (Lipinski definition) is 1. The largest absolute Gasteiger partial charge is 0.374 e. The molecule has 1 saturated carbocycles. The summed E-state index contributed by atoms with van der Waals surface area (Å²) in [6.07, 6.45) is 6.98. The van der Waals surface area contributed by atoms with Crippen molar-refractivity contribution in [3.63, 3.8) is 0 Å². The molecule has 0 aromatic rings. The summed E-state index contributed by atoms with van der Waals surface area (Å²) >= 11 is 1.96. The van der Waals surface area contributed by atoms with Crippen LogP contribution in [-0.2, 0) is 9.53 Å². The van der Waals surface area contributed by atoms with Crippen LogP contribution in [0.15, 0.2) is 0 Å². The quantitative estimate of drug-likeness (QED) is 0.851. The van der Waals surface area contributed by atoms with Gasteiger partial charge >= 0.3 is 0 Å². The lowest BCUT2D eigenvalue weighted by Gasteiger charge is -2.42. The maximum Gasteiger partial charge on any atom is 0.155 e. The molecule has 4 unspecified atom stereocenters. The van der Waals surface area contributed by atoms with Crippen molar-refractivity contribution in [1.29, 1.82) is 0 Å². The molecule has 1 spiro atoms. The van der Waals surface area contributed by atoms with Crippen LogP contribution in [0.3, 0.4) is 0 Å². The van der Waals surface area contributed by atoms with Crippen LogP contribution >= 0.6 is 11.8 Å². The molecule has 0 amide bonds. The number of carbonyl (C=O) groups excluding carboxylic acids is 1. The Labute approximate surface area is 126 Å². The van der Waals surface area contributed by atoms with Crippen LogP contribution in [0.4, 0.5) is 0 Å². The van der Waals surface area contributed by atoms with Crippen molar-refractivity contribution in [2.45, 2.75) is 63.0 Å². The van der Waals surface area contributed by atoms with Gasteiger partial charge < -0.3 is 10.5 Å². The van der Waals surface area contributed by atoms with Gasteiger partial charge in [-0.15, -0.1) is 0 Å². The van der Waals surface area contributed by atoms with Crippen LogP contribution < -0.4 is 5.73 Å². The standard InChI is InChI=1S/C16H27NO2S/c1-12-3-2-5-16(17,9-12)14(18)13-4-7-19-15(10-13)6-8-20-11-15/h12-13H,2-11,17H2,1H3. The zero-order valence-corrected chi connectivity index (χ0v) is 13.3. The Balaban J connectivity index is 1.70. The number of Topliss-reactive ketones (excluding diaryl/α,β-unsaturated/α-hetero) is 1. The summed E-state index contributed by atoms with van der Waals surface area (Å²) in [6, 6.07) is 0. The van der Waals surface area contributed by atoms with Gasteiger partial charge in [-0.1, -0.05) is 19.8 Å². The highest BCUT2D eigenvalue weighted by atomic mass is 32.2. The molecule has 114 valence electrons. The van der Waals surface area contributed by atoms with Gasteiger partial charge in [-0.05, 0) is 43.8 Å². The van der Waals surface area contributed by atoms with Crippen molar-refractivity contribution in [3.8, 4) is 0 Å². The van der Waals surface area contributed by atoms with Crippen LogP contribution in [0.5, 0.6) is 0 Å². The van der Waals surface area contributed by atoms with Gasteiger partial charge in [0.1, 0.15) is 0 Å². The lowest BCUT2D eigenvalue weighted by atomic mass is 9.69. The molecule has 3 rings (SSSR count). The van der Waals surface area contributed by atoms with Crippen molar-refractivity contribution in [2.75, 3.05) is 18.1 Å². The minimum atomic E-state index is -0.549. The molecule has 0 radical (unpaired) electrons. The van der Waals surface area contributed by atoms with Crippen molar-refractivity contribution >= 4 is 17.5 Å². The van der Waals surface area contributed by atoms with Crippen molar-refractivity contribution < 1.29 is 9.53 Å². The van der Waals surface area contributed by atoms with E-state index in [0.29, 0.717) is 11.7 Å². The van der Waals surface area contributed by atoms with Gasteiger partial charge in [0, 0.05) is 18.3 Å². The lowest BCUT2D eigenvalue weighted by Crippen LogP contribution is -2.55. The molecule has 2 N–H and O–H groups in total. The number of thioether (sulfide) groups is 1. The maximum atomic E-state index is 13.0. The highest BCUT2D eigenvalue weighted by Gasteiger charge is 2.47. The molecule has 3 fully saturated rings. The molecular weight excluding hydrogens is 270 g/mol. The third kappa shape index (κ3) is 2.79. The lowest BCUT2D eigenvalue weighted by molar-refractivity contribution is -0.140. The Kier molecular flexibility index (Phi) is 4.17. The molecule has 0 bridgehead atoms. The number of ketones is 1. The van der Waals surface area contributed by atoms with E-state index < -0.39 is 5.54 Å². The van der Waals surface area contributed by atoms with Gasteiger partial charge in [0.05, 0.1) is 11.1 Å². The van der Waals surface area contributed by atoms with E-state index in [1.807, 2.05) is 11.8 Å². The molecule has 3 aliphatic rings. The SMILES string of the molecule is CC1CCCC(N)(C(=O)C2CCOC3(CCSC3)C2)C1. The Bertz CT molecular complexity index is 381. The normalized spacial score (nSPS) is 45.7. The predicted octanol–water partition coefficient (Wildman–Crippen LogP) is 2.77. The molecule has 1 aliphatic carbocycles. The molecule has 2 heterocycles. The molecule has 2 saturated heterocycles. The van der Waals surface area contributed by atoms with Crippen molar-refractivity contribution in [2.24, 2.45) is 17.6 Å². The minimum Gasteiger partial charge on any atom is -0.374 e. The molecule has 4 atom stereocenters. The third-order valence-corrected chi connectivity index (χ3v) is 6.68. The van der Waals surface area contributed by atoms with Gasteiger partial charge in [-0.25, -0.2) is 0 Å². The topological polar surface area (TPSA) is 52.3 Å². The first-order chi connectivity index (χ1) is 9.53. The van der Waals surface area contributed by atoms with E-state index in [-0.39, 0.29) is 11.5 Å². The van der Waals surface area contributed by atoms with Gasteiger partial charge in [0.25, 0.3) is 0 Å². The fraction of sp³-hybridized carbons (Fsp3) is 0.938. The average Bonchev–Trinajstić information content (AvgIpc) is 2.85. The van der Waals surface area contributed by atoms with E-state index in [4.69, 9.17) is 10.5 Å². The van der Waals surface area contributed by atoms with Crippen molar-refractivity contribution in [1.82, 2.24) is 0 Å². The van der Waals surface area contributed by atoms with E-state index in [0.717, 1.165) is 50.9 Å². The molecule has 0 aromatic heterocycles. The van der Waals surface area contributed by atoms with Crippen molar-refractivity contribution in [3.05, 3.63) is 0 Å².